The second kappa shape index (κ2) is 6.35. The van der Waals surface area contributed by atoms with Crippen molar-refractivity contribution < 1.29 is 0 Å². The zero-order chi connectivity index (χ0) is 16.6. The highest BCUT2D eigenvalue weighted by Gasteiger charge is 2.11. The molecule has 0 unspecified atom stereocenters. The Bertz CT molecular complexity index is 852. The van der Waals surface area contributed by atoms with Gasteiger partial charge in [0, 0.05) is 23.5 Å². The topological polar surface area (TPSA) is 55.6 Å². The van der Waals surface area contributed by atoms with Crippen molar-refractivity contribution in [2.24, 2.45) is 0 Å². The third kappa shape index (κ3) is 3.42. The number of benzene rings is 1. The monoisotopic (exact) mass is 367 g/mol. The van der Waals surface area contributed by atoms with Crippen LogP contribution in [0.2, 0.25) is 15.1 Å². The minimum Gasteiger partial charge on any atom is -0.338 e. The van der Waals surface area contributed by atoms with Crippen molar-refractivity contribution in [2.45, 2.75) is 13.8 Å². The van der Waals surface area contributed by atoms with Crippen molar-refractivity contribution in [3.8, 4) is 5.82 Å². The molecule has 0 atom stereocenters. The van der Waals surface area contributed by atoms with Crippen LogP contribution >= 0.6 is 34.8 Å². The van der Waals surface area contributed by atoms with Crippen molar-refractivity contribution in [2.75, 3.05) is 5.32 Å². The first-order valence-corrected chi connectivity index (χ1v) is 7.85. The van der Waals surface area contributed by atoms with Gasteiger partial charge in [-0.2, -0.15) is 0 Å². The molecule has 2 heterocycles. The van der Waals surface area contributed by atoms with Gasteiger partial charge in [-0.25, -0.2) is 15.0 Å². The summed E-state index contributed by atoms with van der Waals surface area (Å²) in [6.45, 7) is 3.71. The quantitative estimate of drug-likeness (QED) is 0.708. The summed E-state index contributed by atoms with van der Waals surface area (Å²) in [4.78, 5) is 13.0. The summed E-state index contributed by atoms with van der Waals surface area (Å²) in [5, 5.41) is 4.43. The molecule has 0 aliphatic rings. The predicted molar refractivity (Wildman–Crippen MR) is 93.4 cm³/mol. The Morgan fingerprint density at radius 2 is 1.70 bits per heavy atom. The summed E-state index contributed by atoms with van der Waals surface area (Å²) in [5.41, 5.74) is 0.545. The fourth-order valence-electron chi connectivity index (χ4n) is 2.15. The van der Waals surface area contributed by atoms with E-state index < -0.39 is 0 Å². The molecule has 23 heavy (non-hydrogen) atoms. The predicted octanol–water partition coefficient (Wildman–Crippen LogP) is 4.98. The van der Waals surface area contributed by atoms with Gasteiger partial charge in [-0.15, -0.1) is 0 Å². The molecule has 0 saturated heterocycles. The highest BCUT2D eigenvalue weighted by atomic mass is 35.5. The molecule has 1 N–H and O–H groups in total. The van der Waals surface area contributed by atoms with E-state index in [0.717, 1.165) is 5.82 Å². The van der Waals surface area contributed by atoms with Gasteiger partial charge >= 0.3 is 0 Å². The lowest BCUT2D eigenvalue weighted by Crippen LogP contribution is -2.05. The summed E-state index contributed by atoms with van der Waals surface area (Å²) in [5.74, 6) is 2.72. The van der Waals surface area contributed by atoms with Crippen LogP contribution in [0.3, 0.4) is 0 Å². The average molecular weight is 369 g/mol. The number of anilines is 2. The SMILES string of the molecule is Cc1nc(Nc2c(Cl)cc(Cl)cc2Cl)cc(-n2ccnc2C)n1. The third-order valence-electron chi connectivity index (χ3n) is 3.16. The summed E-state index contributed by atoms with van der Waals surface area (Å²) in [6.07, 6.45) is 3.55. The number of halogens is 3. The maximum Gasteiger partial charge on any atom is 0.143 e. The van der Waals surface area contributed by atoms with Crippen LogP contribution in [0.5, 0.6) is 0 Å². The normalized spacial score (nSPS) is 10.8. The second-order valence-corrected chi connectivity index (χ2v) is 6.12. The number of nitrogens with zero attached hydrogens (tertiary/aromatic N) is 4. The van der Waals surface area contributed by atoms with E-state index in [4.69, 9.17) is 34.8 Å². The average Bonchev–Trinajstić information content (AvgIpc) is 2.88. The Labute approximate surface area is 148 Å². The van der Waals surface area contributed by atoms with Crippen LogP contribution in [0.4, 0.5) is 11.5 Å². The van der Waals surface area contributed by atoms with E-state index in [-0.39, 0.29) is 0 Å². The van der Waals surface area contributed by atoms with Gasteiger partial charge in [0.1, 0.15) is 23.3 Å². The first-order chi connectivity index (χ1) is 10.9. The molecule has 0 fully saturated rings. The number of aromatic nitrogens is 4. The Kier molecular flexibility index (Phi) is 4.43. The van der Waals surface area contributed by atoms with Gasteiger partial charge in [0.2, 0.25) is 0 Å². The van der Waals surface area contributed by atoms with E-state index in [1.165, 1.54) is 0 Å². The fourth-order valence-corrected chi connectivity index (χ4v) is 3.06. The van der Waals surface area contributed by atoms with E-state index in [1.807, 2.05) is 24.6 Å². The number of rotatable bonds is 3. The minimum atomic E-state index is 0.416. The lowest BCUT2D eigenvalue weighted by Gasteiger charge is -2.12. The molecule has 0 bridgehead atoms. The van der Waals surface area contributed by atoms with Gasteiger partial charge in [0.15, 0.2) is 0 Å². The first-order valence-electron chi connectivity index (χ1n) is 6.71. The molecule has 8 heteroatoms. The van der Waals surface area contributed by atoms with E-state index in [1.54, 1.807) is 24.4 Å². The van der Waals surface area contributed by atoms with Crippen molar-refractivity contribution in [3.05, 3.63) is 57.3 Å². The smallest absolute Gasteiger partial charge is 0.143 e. The molecule has 0 aliphatic carbocycles. The van der Waals surface area contributed by atoms with Crippen LogP contribution in [0.25, 0.3) is 5.82 Å². The van der Waals surface area contributed by atoms with Crippen LogP contribution in [-0.4, -0.2) is 19.5 Å². The molecular weight excluding hydrogens is 357 g/mol. The number of imidazole rings is 1. The zero-order valence-electron chi connectivity index (χ0n) is 12.3. The van der Waals surface area contributed by atoms with Gasteiger partial charge in [-0.3, -0.25) is 4.57 Å². The number of hydrogen-bond donors (Lipinski definition) is 1. The van der Waals surface area contributed by atoms with Gasteiger partial charge in [-0.1, -0.05) is 34.8 Å². The van der Waals surface area contributed by atoms with Crippen molar-refractivity contribution in [3.63, 3.8) is 0 Å². The molecule has 0 amide bonds. The zero-order valence-corrected chi connectivity index (χ0v) is 14.6. The van der Waals surface area contributed by atoms with Crippen LogP contribution in [0.15, 0.2) is 30.6 Å². The summed E-state index contributed by atoms with van der Waals surface area (Å²) in [6, 6.07) is 5.03. The molecule has 0 spiro atoms. The van der Waals surface area contributed by atoms with Crippen LogP contribution in [0.1, 0.15) is 11.6 Å². The van der Waals surface area contributed by atoms with Gasteiger partial charge in [-0.05, 0) is 26.0 Å². The van der Waals surface area contributed by atoms with Crippen molar-refractivity contribution in [1.82, 2.24) is 19.5 Å². The molecule has 0 saturated carbocycles. The van der Waals surface area contributed by atoms with Crippen LogP contribution < -0.4 is 5.32 Å². The lowest BCUT2D eigenvalue weighted by molar-refractivity contribution is 0.901. The maximum absolute atomic E-state index is 6.20. The Morgan fingerprint density at radius 1 is 1.00 bits per heavy atom. The minimum absolute atomic E-state index is 0.416. The van der Waals surface area contributed by atoms with Crippen molar-refractivity contribution >= 4 is 46.3 Å². The summed E-state index contributed by atoms with van der Waals surface area (Å²) < 4.78 is 1.87. The maximum atomic E-state index is 6.20. The van der Waals surface area contributed by atoms with Gasteiger partial charge in [0.25, 0.3) is 0 Å². The Hall–Kier alpha value is -1.82. The highest BCUT2D eigenvalue weighted by Crippen LogP contribution is 2.35. The van der Waals surface area contributed by atoms with E-state index in [9.17, 15) is 0 Å². The fraction of sp³-hybridized carbons (Fsp3) is 0.133. The van der Waals surface area contributed by atoms with Gasteiger partial charge < -0.3 is 5.32 Å². The molecule has 3 aromatic rings. The first kappa shape index (κ1) is 16.1. The molecule has 5 nitrogen and oxygen atoms in total. The van der Waals surface area contributed by atoms with E-state index in [0.29, 0.717) is 38.2 Å². The van der Waals surface area contributed by atoms with Crippen LogP contribution in [0, 0.1) is 13.8 Å². The standard InChI is InChI=1S/C15H12Cl3N5/c1-8-20-13(7-14(21-8)23-4-3-19-9(23)2)22-15-11(17)5-10(16)6-12(15)18/h3-7H,1-2H3,(H,20,21,22). The number of aryl methyl sites for hydroxylation is 2. The molecule has 0 radical (unpaired) electrons. The lowest BCUT2D eigenvalue weighted by atomic mass is 10.3. The van der Waals surface area contributed by atoms with Gasteiger partial charge in [0.05, 0.1) is 15.7 Å². The van der Waals surface area contributed by atoms with E-state index >= 15 is 0 Å². The van der Waals surface area contributed by atoms with Crippen molar-refractivity contribution in [1.29, 1.82) is 0 Å². The molecule has 0 aliphatic heterocycles. The Morgan fingerprint density at radius 3 is 2.30 bits per heavy atom. The molecule has 3 rings (SSSR count). The molecular formula is C15H12Cl3N5. The number of hydrogen-bond acceptors (Lipinski definition) is 4. The number of nitrogens with one attached hydrogen (secondary N) is 1. The van der Waals surface area contributed by atoms with E-state index in [2.05, 4.69) is 20.3 Å². The van der Waals surface area contributed by atoms with Crippen LogP contribution in [-0.2, 0) is 0 Å². The summed E-state index contributed by atoms with van der Waals surface area (Å²) in [7, 11) is 0. The largest absolute Gasteiger partial charge is 0.338 e. The third-order valence-corrected chi connectivity index (χ3v) is 3.97. The molecule has 1 aromatic carbocycles. The molecule has 118 valence electrons. The highest BCUT2D eigenvalue weighted by molar-refractivity contribution is 6.41. The Balaban J connectivity index is 2.02. The second-order valence-electron chi connectivity index (χ2n) is 4.87. The summed E-state index contributed by atoms with van der Waals surface area (Å²) >= 11 is 18.3. The molecule has 2 aromatic heterocycles.